The van der Waals surface area contributed by atoms with Gasteiger partial charge in [-0.3, -0.25) is 30.0 Å². The summed E-state index contributed by atoms with van der Waals surface area (Å²) in [5.41, 5.74) is 5.94. The van der Waals surface area contributed by atoms with Gasteiger partial charge in [-0.05, 0) is 55.5 Å². The molecule has 1 heterocycles. The molecule has 2 N–H and O–H groups in total. The molecule has 1 fully saturated rings. The Hall–Kier alpha value is -3.88. The van der Waals surface area contributed by atoms with Crippen LogP contribution in [0, 0.1) is 5.92 Å². The predicted molar refractivity (Wildman–Crippen MR) is 142 cm³/mol. The van der Waals surface area contributed by atoms with Crippen LogP contribution in [0.3, 0.4) is 0 Å². The van der Waals surface area contributed by atoms with Crippen molar-refractivity contribution in [2.24, 2.45) is 5.92 Å². The van der Waals surface area contributed by atoms with Gasteiger partial charge in [-0.25, -0.2) is 10.0 Å². The molecular weight excluding hydrogens is 472 g/mol. The number of carbonyl (C=O) groups excluding carboxylic acids is 4. The Labute approximate surface area is 218 Å². The number of hydrogen-bond donors (Lipinski definition) is 2. The van der Waals surface area contributed by atoms with Crippen molar-refractivity contribution in [3.05, 3.63) is 54.1 Å². The molecule has 0 aliphatic carbocycles. The van der Waals surface area contributed by atoms with Crippen molar-refractivity contribution in [1.29, 1.82) is 0 Å². The molecule has 0 bridgehead atoms. The Morgan fingerprint density at radius 1 is 0.757 bits per heavy atom. The summed E-state index contributed by atoms with van der Waals surface area (Å²) in [5.74, 6) is -3.23. The van der Waals surface area contributed by atoms with Gasteiger partial charge in [0.25, 0.3) is 0 Å². The maximum Gasteiger partial charge on any atom is 0.337 e. The van der Waals surface area contributed by atoms with E-state index >= 15 is 0 Å². The van der Waals surface area contributed by atoms with Crippen molar-refractivity contribution in [3.63, 3.8) is 0 Å². The standard InChI is InChI=1S/C28H36N4O5/c1-4-37-24-15-11-10-14-23(24)32-28(36)27(35)31(29-25(33)26(34)30-32)22-18-16-21(17-19-22)13-9-7-5-6-8-12-20(2)3/h10-11,14-20H,4-9,12-13H2,1-3H3,(H,29,33)(H,30,34). The molecule has 0 spiro atoms. The molecular formula is C28H36N4O5. The highest BCUT2D eigenvalue weighted by molar-refractivity contribution is 6.48. The van der Waals surface area contributed by atoms with Crippen LogP contribution in [-0.4, -0.2) is 30.2 Å². The lowest BCUT2D eigenvalue weighted by Gasteiger charge is -2.30. The number of carbonyl (C=O) groups is 4. The van der Waals surface area contributed by atoms with Gasteiger partial charge in [0.2, 0.25) is 0 Å². The van der Waals surface area contributed by atoms with Gasteiger partial charge in [-0.2, -0.15) is 0 Å². The Bertz CT molecular complexity index is 1100. The number of hydrogen-bond acceptors (Lipinski definition) is 5. The number of nitrogens with one attached hydrogen (secondary N) is 2. The van der Waals surface area contributed by atoms with Crippen LogP contribution in [-0.2, 0) is 25.6 Å². The number of rotatable bonds is 12. The summed E-state index contributed by atoms with van der Waals surface area (Å²) in [5, 5.41) is 1.55. The Balaban J connectivity index is 1.69. The molecule has 1 aliphatic heterocycles. The summed E-state index contributed by atoms with van der Waals surface area (Å²) < 4.78 is 5.53. The van der Waals surface area contributed by atoms with Crippen LogP contribution in [0.1, 0.15) is 64.9 Å². The first-order valence-electron chi connectivity index (χ1n) is 12.9. The molecule has 198 valence electrons. The van der Waals surface area contributed by atoms with Crippen molar-refractivity contribution in [2.45, 2.75) is 65.7 Å². The Kier molecular flexibility index (Phi) is 10.1. The summed E-state index contributed by atoms with van der Waals surface area (Å²) in [6.07, 6.45) is 8.12. The first-order valence-corrected chi connectivity index (χ1v) is 12.9. The van der Waals surface area contributed by atoms with E-state index in [0.717, 1.165) is 40.8 Å². The minimum Gasteiger partial charge on any atom is -0.492 e. The second kappa shape index (κ2) is 13.4. The smallest absolute Gasteiger partial charge is 0.337 e. The summed E-state index contributed by atoms with van der Waals surface area (Å²) in [6.45, 7) is 6.57. The Morgan fingerprint density at radius 3 is 2.03 bits per heavy atom. The predicted octanol–water partition coefficient (Wildman–Crippen LogP) is 4.07. The molecule has 2 aromatic rings. The SMILES string of the molecule is CCOc1ccccc1N1NC(=O)C(=O)NN(c2ccc(CCCCCCCC(C)C)cc2)C(=O)C1=O. The molecule has 37 heavy (non-hydrogen) atoms. The topological polar surface area (TPSA) is 108 Å². The molecule has 4 amide bonds. The highest BCUT2D eigenvalue weighted by atomic mass is 16.5. The number of aryl methyl sites for hydroxylation is 1. The van der Waals surface area contributed by atoms with E-state index in [9.17, 15) is 19.2 Å². The fourth-order valence-electron chi connectivity index (χ4n) is 4.09. The molecule has 0 radical (unpaired) electrons. The van der Waals surface area contributed by atoms with E-state index in [1.165, 1.54) is 31.7 Å². The number of nitrogens with zero attached hydrogens (tertiary/aromatic N) is 2. The molecule has 1 aliphatic rings. The largest absolute Gasteiger partial charge is 0.492 e. The van der Waals surface area contributed by atoms with E-state index in [-0.39, 0.29) is 17.1 Å². The molecule has 1 saturated heterocycles. The number of anilines is 2. The number of benzene rings is 2. The number of unbranched alkanes of at least 4 members (excludes halogenated alkanes) is 4. The Morgan fingerprint density at radius 2 is 1.35 bits per heavy atom. The first kappa shape index (κ1) is 27.7. The quantitative estimate of drug-likeness (QED) is 0.332. The minimum atomic E-state index is -1.10. The second-order valence-electron chi connectivity index (χ2n) is 9.43. The van der Waals surface area contributed by atoms with Crippen molar-refractivity contribution in [3.8, 4) is 5.75 Å². The van der Waals surface area contributed by atoms with Gasteiger partial charge in [0, 0.05) is 0 Å². The fraction of sp³-hybridized carbons (Fsp3) is 0.429. The third-order valence-electron chi connectivity index (χ3n) is 6.07. The molecule has 0 atom stereocenters. The van der Waals surface area contributed by atoms with Gasteiger partial charge in [0.15, 0.2) is 0 Å². The summed E-state index contributed by atoms with van der Waals surface area (Å²) >= 11 is 0. The zero-order valence-corrected chi connectivity index (χ0v) is 21.8. The highest BCUT2D eigenvalue weighted by Crippen LogP contribution is 2.28. The van der Waals surface area contributed by atoms with Crippen LogP contribution < -0.4 is 25.6 Å². The summed E-state index contributed by atoms with van der Waals surface area (Å²) in [7, 11) is 0. The number of ether oxygens (including phenoxy) is 1. The molecule has 2 aromatic carbocycles. The summed E-state index contributed by atoms with van der Waals surface area (Å²) in [4.78, 5) is 51.2. The lowest BCUT2D eigenvalue weighted by molar-refractivity contribution is -0.144. The van der Waals surface area contributed by atoms with Crippen LogP contribution in [0.25, 0.3) is 0 Å². The van der Waals surface area contributed by atoms with Crippen molar-refractivity contribution >= 4 is 35.0 Å². The van der Waals surface area contributed by atoms with Gasteiger partial charge < -0.3 is 4.74 Å². The normalized spacial score (nSPS) is 14.4. The first-order chi connectivity index (χ1) is 17.8. The number of hydrazine groups is 2. The lowest BCUT2D eigenvalue weighted by atomic mass is 10.0. The van der Waals surface area contributed by atoms with Gasteiger partial charge >= 0.3 is 23.6 Å². The van der Waals surface area contributed by atoms with E-state index in [0.29, 0.717) is 6.61 Å². The van der Waals surface area contributed by atoms with Gasteiger partial charge in [0.1, 0.15) is 11.4 Å². The zero-order valence-electron chi connectivity index (χ0n) is 21.8. The number of amides is 4. The third kappa shape index (κ3) is 7.55. The zero-order chi connectivity index (χ0) is 26.8. The maximum absolute atomic E-state index is 13.2. The van der Waals surface area contributed by atoms with Crippen LogP contribution >= 0.6 is 0 Å². The average molecular weight is 509 g/mol. The second-order valence-corrected chi connectivity index (χ2v) is 9.43. The molecule has 9 nitrogen and oxygen atoms in total. The molecule has 3 rings (SSSR count). The van der Waals surface area contributed by atoms with E-state index in [1.54, 1.807) is 37.3 Å². The average Bonchev–Trinajstić information content (AvgIpc) is 2.89. The van der Waals surface area contributed by atoms with Gasteiger partial charge in [-0.1, -0.05) is 70.2 Å². The van der Waals surface area contributed by atoms with Crippen molar-refractivity contribution in [1.82, 2.24) is 10.9 Å². The molecule has 0 aromatic heterocycles. The van der Waals surface area contributed by atoms with Crippen molar-refractivity contribution in [2.75, 3.05) is 16.6 Å². The van der Waals surface area contributed by atoms with Crippen molar-refractivity contribution < 1.29 is 23.9 Å². The van der Waals surface area contributed by atoms with Gasteiger partial charge in [-0.15, -0.1) is 0 Å². The molecule has 9 heteroatoms. The molecule has 0 unspecified atom stereocenters. The van der Waals surface area contributed by atoms with Crippen LogP contribution in [0.4, 0.5) is 11.4 Å². The van der Waals surface area contributed by atoms with E-state index in [2.05, 4.69) is 24.7 Å². The van der Waals surface area contributed by atoms with E-state index in [4.69, 9.17) is 4.74 Å². The fourth-order valence-corrected chi connectivity index (χ4v) is 4.09. The molecule has 0 saturated carbocycles. The number of para-hydroxylation sites is 2. The van der Waals surface area contributed by atoms with Gasteiger partial charge in [0.05, 0.1) is 12.3 Å². The van der Waals surface area contributed by atoms with Crippen LogP contribution in [0.5, 0.6) is 5.75 Å². The van der Waals surface area contributed by atoms with E-state index < -0.39 is 23.6 Å². The summed E-state index contributed by atoms with van der Waals surface area (Å²) in [6, 6.07) is 13.5. The van der Waals surface area contributed by atoms with Crippen LogP contribution in [0.15, 0.2) is 48.5 Å². The maximum atomic E-state index is 13.2. The van der Waals surface area contributed by atoms with Crippen LogP contribution in [0.2, 0.25) is 0 Å². The minimum absolute atomic E-state index is 0.144. The highest BCUT2D eigenvalue weighted by Gasteiger charge is 2.37. The van der Waals surface area contributed by atoms with E-state index in [1.807, 2.05) is 12.1 Å². The lowest BCUT2D eigenvalue weighted by Crippen LogP contribution is -2.64. The third-order valence-corrected chi connectivity index (χ3v) is 6.07. The monoisotopic (exact) mass is 508 g/mol.